The molecule has 4 nitrogen and oxygen atoms in total. The largest absolute Gasteiger partial charge is 0.455 e. The lowest BCUT2D eigenvalue weighted by atomic mass is 10.0. The van der Waals surface area contributed by atoms with E-state index < -0.39 is 12.2 Å². The number of hydrogen-bond acceptors (Lipinski definition) is 4. The van der Waals surface area contributed by atoms with Crippen LogP contribution in [0, 0.1) is 0 Å². The van der Waals surface area contributed by atoms with E-state index in [9.17, 15) is 15.0 Å². The van der Waals surface area contributed by atoms with Crippen LogP contribution in [0.15, 0.2) is 23.8 Å². The Kier molecular flexibility index (Phi) is 23.8. The Labute approximate surface area is 242 Å². The van der Waals surface area contributed by atoms with Crippen LogP contribution in [0.2, 0.25) is 0 Å². The molecule has 1 aliphatic rings. The topological polar surface area (TPSA) is 66.8 Å². The molecule has 0 aromatic carbocycles. The Bertz CT molecular complexity index is 626. The molecular weight excluding hydrogens is 484 g/mol. The highest BCUT2D eigenvalue weighted by molar-refractivity contribution is 5.90. The van der Waals surface area contributed by atoms with E-state index in [1.165, 1.54) is 103 Å². The molecule has 228 valence electrons. The fourth-order valence-electron chi connectivity index (χ4n) is 5.54. The summed E-state index contributed by atoms with van der Waals surface area (Å²) in [6.45, 7) is 4.19. The first kappa shape index (κ1) is 35.9. The van der Waals surface area contributed by atoms with E-state index in [4.69, 9.17) is 4.74 Å². The van der Waals surface area contributed by atoms with E-state index in [1.807, 2.05) is 13.0 Å². The van der Waals surface area contributed by atoms with Gasteiger partial charge in [0.05, 0.1) is 12.2 Å². The zero-order valence-corrected chi connectivity index (χ0v) is 25.9. The first-order valence-electron chi connectivity index (χ1n) is 17.0. The van der Waals surface area contributed by atoms with Gasteiger partial charge >= 0.3 is 5.97 Å². The lowest BCUT2D eigenvalue weighted by Crippen LogP contribution is -2.25. The monoisotopic (exact) mass is 548 g/mol. The molecule has 1 rings (SSSR count). The van der Waals surface area contributed by atoms with Gasteiger partial charge in [-0.05, 0) is 57.9 Å². The Morgan fingerprint density at radius 1 is 0.667 bits per heavy atom. The Balaban J connectivity index is 1.82. The number of hydrogen-bond donors (Lipinski definition) is 2. The van der Waals surface area contributed by atoms with Gasteiger partial charge in [0.15, 0.2) is 0 Å². The molecule has 1 heterocycles. The fraction of sp³-hybridized carbons (Fsp3) is 0.857. The van der Waals surface area contributed by atoms with Gasteiger partial charge in [-0.3, -0.25) is 0 Å². The SMILES string of the molecule is CCCCCCCCCCCCCC/C=C\CC[C@@H](O)[C@H](O)CCCCCCCCCCC1=C[C@@H](C)OC1=O. The van der Waals surface area contributed by atoms with Gasteiger partial charge in [0, 0.05) is 5.57 Å². The molecular formula is C35H64O4. The normalized spacial score (nSPS) is 17.1. The number of esters is 1. The number of carbonyl (C=O) groups excluding carboxylic acids is 1. The van der Waals surface area contributed by atoms with Crippen LogP contribution in [-0.4, -0.2) is 34.5 Å². The molecule has 0 aromatic heterocycles. The molecule has 0 bridgehead atoms. The number of rotatable bonds is 28. The highest BCUT2D eigenvalue weighted by atomic mass is 16.5. The van der Waals surface area contributed by atoms with Crippen molar-refractivity contribution in [3.05, 3.63) is 23.8 Å². The van der Waals surface area contributed by atoms with Gasteiger partial charge in [0.25, 0.3) is 0 Å². The molecule has 3 atom stereocenters. The van der Waals surface area contributed by atoms with Crippen molar-refractivity contribution in [2.75, 3.05) is 0 Å². The van der Waals surface area contributed by atoms with Crippen molar-refractivity contribution < 1.29 is 19.7 Å². The van der Waals surface area contributed by atoms with Crippen molar-refractivity contribution in [3.63, 3.8) is 0 Å². The van der Waals surface area contributed by atoms with Gasteiger partial charge < -0.3 is 14.9 Å². The van der Waals surface area contributed by atoms with Crippen LogP contribution in [0.25, 0.3) is 0 Å². The Hall–Kier alpha value is -1.13. The van der Waals surface area contributed by atoms with Crippen LogP contribution in [0.1, 0.15) is 174 Å². The summed E-state index contributed by atoms with van der Waals surface area (Å²) in [5.74, 6) is -0.128. The van der Waals surface area contributed by atoms with E-state index in [2.05, 4.69) is 19.1 Å². The third-order valence-electron chi connectivity index (χ3n) is 8.15. The van der Waals surface area contributed by atoms with Gasteiger partial charge in [-0.1, -0.05) is 135 Å². The lowest BCUT2D eigenvalue weighted by molar-refractivity contribution is -0.139. The number of ether oxygens (including phenoxy) is 1. The highest BCUT2D eigenvalue weighted by Gasteiger charge is 2.21. The maximum Gasteiger partial charge on any atom is 0.334 e. The maximum absolute atomic E-state index is 11.6. The number of unbranched alkanes of at least 4 members (excludes halogenated alkanes) is 19. The summed E-state index contributed by atoms with van der Waals surface area (Å²) in [6.07, 6.45) is 35.2. The minimum Gasteiger partial charge on any atom is -0.455 e. The summed E-state index contributed by atoms with van der Waals surface area (Å²) in [5.41, 5.74) is 0.856. The third kappa shape index (κ3) is 21.3. The van der Waals surface area contributed by atoms with Crippen molar-refractivity contribution in [1.29, 1.82) is 0 Å². The quantitative estimate of drug-likeness (QED) is 0.0580. The van der Waals surface area contributed by atoms with Crippen LogP contribution < -0.4 is 0 Å². The van der Waals surface area contributed by atoms with Gasteiger partial charge in [0.1, 0.15) is 6.10 Å². The zero-order valence-electron chi connectivity index (χ0n) is 25.9. The molecule has 0 fully saturated rings. The van der Waals surface area contributed by atoms with E-state index in [0.29, 0.717) is 12.8 Å². The molecule has 4 heteroatoms. The van der Waals surface area contributed by atoms with Crippen LogP contribution >= 0.6 is 0 Å². The number of aliphatic hydroxyl groups is 2. The van der Waals surface area contributed by atoms with Crippen molar-refractivity contribution in [1.82, 2.24) is 0 Å². The predicted molar refractivity (Wildman–Crippen MR) is 166 cm³/mol. The molecule has 0 aliphatic carbocycles. The van der Waals surface area contributed by atoms with Crippen molar-refractivity contribution >= 4 is 5.97 Å². The molecule has 2 N–H and O–H groups in total. The molecule has 0 unspecified atom stereocenters. The van der Waals surface area contributed by atoms with Crippen LogP contribution in [0.4, 0.5) is 0 Å². The lowest BCUT2D eigenvalue weighted by Gasteiger charge is -2.17. The second-order valence-electron chi connectivity index (χ2n) is 12.0. The van der Waals surface area contributed by atoms with Gasteiger partial charge in [-0.25, -0.2) is 4.79 Å². The molecule has 0 amide bonds. The maximum atomic E-state index is 11.6. The summed E-state index contributed by atoms with van der Waals surface area (Å²) in [4.78, 5) is 11.6. The molecule has 0 saturated carbocycles. The number of allylic oxidation sites excluding steroid dienone is 2. The number of carbonyl (C=O) groups is 1. The zero-order chi connectivity index (χ0) is 28.4. The molecule has 1 aliphatic heterocycles. The van der Waals surface area contributed by atoms with Gasteiger partial charge in [-0.2, -0.15) is 0 Å². The van der Waals surface area contributed by atoms with E-state index in [-0.39, 0.29) is 12.1 Å². The summed E-state index contributed by atoms with van der Waals surface area (Å²) >= 11 is 0. The summed E-state index contributed by atoms with van der Waals surface area (Å²) < 4.78 is 5.13. The minimum atomic E-state index is -0.600. The molecule has 39 heavy (non-hydrogen) atoms. The van der Waals surface area contributed by atoms with Crippen molar-refractivity contribution in [3.8, 4) is 0 Å². The number of cyclic esters (lactones) is 1. The summed E-state index contributed by atoms with van der Waals surface area (Å²) in [5, 5.41) is 20.5. The van der Waals surface area contributed by atoms with E-state index in [1.54, 1.807) is 0 Å². The fourth-order valence-corrected chi connectivity index (χ4v) is 5.54. The summed E-state index contributed by atoms with van der Waals surface area (Å²) in [7, 11) is 0. The standard InChI is InChI=1S/C35H64O4/c1-3-4-5-6-7-8-9-10-11-12-13-14-15-19-22-25-28-33(36)34(37)29-26-23-20-17-16-18-21-24-27-32-30-31(2)39-35(32)38/h19,22,30-31,33-34,36-37H,3-18,20-21,23-29H2,1-2H3/b22-19-/t31-,33-,34-/m1/s1. The average molecular weight is 549 g/mol. The van der Waals surface area contributed by atoms with Crippen molar-refractivity contribution in [2.24, 2.45) is 0 Å². The van der Waals surface area contributed by atoms with Crippen LogP contribution in [0.5, 0.6) is 0 Å². The Morgan fingerprint density at radius 3 is 1.67 bits per heavy atom. The molecule has 0 saturated heterocycles. The molecule has 0 radical (unpaired) electrons. The average Bonchev–Trinajstić information content (AvgIpc) is 3.25. The van der Waals surface area contributed by atoms with E-state index in [0.717, 1.165) is 50.5 Å². The molecule has 0 aromatic rings. The van der Waals surface area contributed by atoms with Crippen LogP contribution in [-0.2, 0) is 9.53 Å². The highest BCUT2D eigenvalue weighted by Crippen LogP contribution is 2.20. The number of aliphatic hydroxyl groups excluding tert-OH is 2. The smallest absolute Gasteiger partial charge is 0.334 e. The Morgan fingerprint density at radius 2 is 1.13 bits per heavy atom. The van der Waals surface area contributed by atoms with Gasteiger partial charge in [0.2, 0.25) is 0 Å². The predicted octanol–water partition coefficient (Wildman–Crippen LogP) is 9.91. The minimum absolute atomic E-state index is 0.0530. The third-order valence-corrected chi connectivity index (χ3v) is 8.15. The van der Waals surface area contributed by atoms with Crippen LogP contribution in [0.3, 0.4) is 0 Å². The van der Waals surface area contributed by atoms with E-state index >= 15 is 0 Å². The second kappa shape index (κ2) is 25.8. The summed E-state index contributed by atoms with van der Waals surface area (Å²) in [6, 6.07) is 0. The van der Waals surface area contributed by atoms with Gasteiger partial charge in [-0.15, -0.1) is 0 Å². The molecule has 0 spiro atoms. The first-order chi connectivity index (χ1) is 19.0. The first-order valence-corrected chi connectivity index (χ1v) is 17.0. The van der Waals surface area contributed by atoms with Crippen molar-refractivity contribution in [2.45, 2.75) is 193 Å². The second-order valence-corrected chi connectivity index (χ2v) is 12.0.